The summed E-state index contributed by atoms with van der Waals surface area (Å²) in [6.45, 7) is 3.82. The van der Waals surface area contributed by atoms with E-state index in [4.69, 9.17) is 9.15 Å². The van der Waals surface area contributed by atoms with Crippen molar-refractivity contribution in [2.45, 2.75) is 13.8 Å². The van der Waals surface area contributed by atoms with Gasteiger partial charge in [-0.3, -0.25) is 9.78 Å². The van der Waals surface area contributed by atoms with Crippen LogP contribution in [-0.2, 0) is 0 Å². The highest BCUT2D eigenvalue weighted by molar-refractivity contribution is 6.07. The summed E-state index contributed by atoms with van der Waals surface area (Å²) in [5, 5.41) is 4.35. The van der Waals surface area contributed by atoms with Crippen LogP contribution in [0.25, 0.3) is 21.9 Å². The molecule has 0 unspecified atom stereocenters. The number of furan rings is 1. The zero-order valence-electron chi connectivity index (χ0n) is 14.8. The van der Waals surface area contributed by atoms with Gasteiger partial charge in [0.2, 0.25) is 0 Å². The Morgan fingerprint density at radius 1 is 1.08 bits per heavy atom. The summed E-state index contributed by atoms with van der Waals surface area (Å²) < 4.78 is 11.8. The van der Waals surface area contributed by atoms with E-state index in [0.717, 1.165) is 27.6 Å². The van der Waals surface area contributed by atoms with Crippen molar-refractivity contribution < 1.29 is 13.9 Å². The molecule has 130 valence electrons. The fourth-order valence-electron chi connectivity index (χ4n) is 3.12. The molecule has 0 aliphatic heterocycles. The Labute approximate surface area is 150 Å². The molecule has 4 rings (SSSR count). The Kier molecular flexibility index (Phi) is 3.84. The lowest BCUT2D eigenvalue weighted by atomic mass is 10.1. The number of hydrogen-bond acceptors (Lipinski definition) is 4. The summed E-state index contributed by atoms with van der Waals surface area (Å²) in [4.78, 5) is 16.4. The lowest BCUT2D eigenvalue weighted by Gasteiger charge is -2.09. The molecule has 0 aliphatic rings. The first-order valence-electron chi connectivity index (χ1n) is 8.35. The average Bonchev–Trinajstić information content (AvgIpc) is 2.96. The SMILES string of the molecule is CNC(=O)c1c(C)oc2cc(Oc3ccnc4cc(C)ccc34)ccc12. The van der Waals surface area contributed by atoms with Crippen molar-refractivity contribution in [1.29, 1.82) is 0 Å². The molecular formula is C21H18N2O3. The molecule has 1 amide bonds. The van der Waals surface area contributed by atoms with Crippen LogP contribution in [0.4, 0.5) is 0 Å². The summed E-state index contributed by atoms with van der Waals surface area (Å²) in [6, 6.07) is 13.4. The van der Waals surface area contributed by atoms with E-state index in [2.05, 4.69) is 10.3 Å². The number of nitrogens with zero attached hydrogens (tertiary/aromatic N) is 1. The smallest absolute Gasteiger partial charge is 0.255 e. The number of hydrogen-bond donors (Lipinski definition) is 1. The van der Waals surface area contributed by atoms with Gasteiger partial charge in [-0.25, -0.2) is 0 Å². The van der Waals surface area contributed by atoms with Gasteiger partial charge in [-0.15, -0.1) is 0 Å². The second-order valence-corrected chi connectivity index (χ2v) is 6.20. The zero-order chi connectivity index (χ0) is 18.3. The minimum Gasteiger partial charge on any atom is -0.460 e. The number of ether oxygens (including phenoxy) is 1. The van der Waals surface area contributed by atoms with Crippen molar-refractivity contribution in [3.05, 3.63) is 65.5 Å². The van der Waals surface area contributed by atoms with Crippen LogP contribution in [0.2, 0.25) is 0 Å². The number of fused-ring (bicyclic) bond motifs is 2. The van der Waals surface area contributed by atoms with Crippen LogP contribution >= 0.6 is 0 Å². The van der Waals surface area contributed by atoms with E-state index in [1.165, 1.54) is 0 Å². The Morgan fingerprint density at radius 2 is 1.88 bits per heavy atom. The Bertz CT molecular complexity index is 1140. The largest absolute Gasteiger partial charge is 0.460 e. The van der Waals surface area contributed by atoms with Crippen molar-refractivity contribution in [1.82, 2.24) is 10.3 Å². The van der Waals surface area contributed by atoms with Gasteiger partial charge in [0.05, 0.1) is 11.1 Å². The lowest BCUT2D eigenvalue weighted by Crippen LogP contribution is -2.18. The minimum absolute atomic E-state index is 0.162. The number of nitrogens with one attached hydrogen (secondary N) is 1. The molecule has 0 saturated heterocycles. The van der Waals surface area contributed by atoms with Gasteiger partial charge < -0.3 is 14.5 Å². The first-order chi connectivity index (χ1) is 12.6. The second kappa shape index (κ2) is 6.19. The van der Waals surface area contributed by atoms with Crippen LogP contribution in [0.1, 0.15) is 21.7 Å². The van der Waals surface area contributed by atoms with Crippen LogP contribution in [-0.4, -0.2) is 17.9 Å². The van der Waals surface area contributed by atoms with Crippen LogP contribution in [0.3, 0.4) is 0 Å². The number of pyridine rings is 1. The van der Waals surface area contributed by atoms with Crippen LogP contribution in [0.5, 0.6) is 11.5 Å². The molecule has 0 aliphatic carbocycles. The van der Waals surface area contributed by atoms with Crippen molar-refractivity contribution in [2.75, 3.05) is 7.05 Å². The fraction of sp³-hybridized carbons (Fsp3) is 0.143. The van der Waals surface area contributed by atoms with Crippen molar-refractivity contribution in [3.63, 3.8) is 0 Å². The second-order valence-electron chi connectivity index (χ2n) is 6.20. The molecule has 0 spiro atoms. The maximum Gasteiger partial charge on any atom is 0.255 e. The third-order valence-electron chi connectivity index (χ3n) is 4.38. The first kappa shape index (κ1) is 16.1. The molecule has 0 saturated carbocycles. The zero-order valence-corrected chi connectivity index (χ0v) is 14.8. The highest BCUT2D eigenvalue weighted by Gasteiger charge is 2.17. The van der Waals surface area contributed by atoms with Crippen LogP contribution in [0.15, 0.2) is 53.1 Å². The van der Waals surface area contributed by atoms with E-state index in [1.807, 2.05) is 43.3 Å². The van der Waals surface area contributed by atoms with Crippen molar-refractivity contribution in [3.8, 4) is 11.5 Å². The maximum atomic E-state index is 12.0. The molecule has 1 N–H and O–H groups in total. The van der Waals surface area contributed by atoms with E-state index in [0.29, 0.717) is 22.7 Å². The molecular weight excluding hydrogens is 328 g/mol. The highest BCUT2D eigenvalue weighted by atomic mass is 16.5. The summed E-state index contributed by atoms with van der Waals surface area (Å²) in [5.41, 5.74) is 3.21. The molecule has 0 fully saturated rings. The number of carbonyl (C=O) groups is 1. The van der Waals surface area contributed by atoms with E-state index in [-0.39, 0.29) is 5.91 Å². The van der Waals surface area contributed by atoms with Gasteiger partial charge in [0.1, 0.15) is 22.8 Å². The monoisotopic (exact) mass is 346 g/mol. The van der Waals surface area contributed by atoms with Gasteiger partial charge in [-0.2, -0.15) is 0 Å². The van der Waals surface area contributed by atoms with Gasteiger partial charge in [0.25, 0.3) is 5.91 Å². The molecule has 2 aromatic carbocycles. The molecule has 0 bridgehead atoms. The number of amides is 1. The highest BCUT2D eigenvalue weighted by Crippen LogP contribution is 2.33. The predicted octanol–water partition coefficient (Wildman–Crippen LogP) is 4.75. The molecule has 0 atom stereocenters. The van der Waals surface area contributed by atoms with Gasteiger partial charge in [-0.1, -0.05) is 6.07 Å². The van der Waals surface area contributed by atoms with Gasteiger partial charge in [-0.05, 0) is 49.7 Å². The maximum absolute atomic E-state index is 12.0. The molecule has 2 heterocycles. The minimum atomic E-state index is -0.162. The molecule has 2 aromatic heterocycles. The van der Waals surface area contributed by atoms with Gasteiger partial charge in [0.15, 0.2) is 0 Å². The predicted molar refractivity (Wildman–Crippen MR) is 101 cm³/mol. The van der Waals surface area contributed by atoms with Crippen LogP contribution < -0.4 is 10.1 Å². The summed E-state index contributed by atoms with van der Waals surface area (Å²) in [7, 11) is 1.61. The third-order valence-corrected chi connectivity index (χ3v) is 4.38. The van der Waals surface area contributed by atoms with Crippen LogP contribution in [0, 0.1) is 13.8 Å². The third kappa shape index (κ3) is 2.67. The van der Waals surface area contributed by atoms with Crippen molar-refractivity contribution >= 4 is 27.8 Å². The molecule has 0 radical (unpaired) electrons. The standard InChI is InChI=1S/C21H18N2O3/c1-12-4-6-15-17(10-12)23-9-8-18(15)26-14-5-7-16-19(11-14)25-13(2)20(16)21(24)22-3/h4-11H,1-3H3,(H,22,24). The average molecular weight is 346 g/mol. The number of aromatic nitrogens is 1. The lowest BCUT2D eigenvalue weighted by molar-refractivity contribution is 0.0963. The summed E-state index contributed by atoms with van der Waals surface area (Å²) >= 11 is 0. The van der Waals surface area contributed by atoms with E-state index < -0.39 is 0 Å². The van der Waals surface area contributed by atoms with E-state index in [1.54, 1.807) is 26.2 Å². The molecule has 5 heteroatoms. The molecule has 26 heavy (non-hydrogen) atoms. The first-order valence-corrected chi connectivity index (χ1v) is 8.35. The van der Waals surface area contributed by atoms with E-state index in [9.17, 15) is 4.79 Å². The Balaban J connectivity index is 1.76. The number of carbonyl (C=O) groups excluding carboxylic acids is 1. The number of rotatable bonds is 3. The topological polar surface area (TPSA) is 64.4 Å². The molecule has 5 nitrogen and oxygen atoms in total. The van der Waals surface area contributed by atoms with Gasteiger partial charge in [0, 0.05) is 30.1 Å². The number of benzene rings is 2. The Morgan fingerprint density at radius 3 is 2.69 bits per heavy atom. The van der Waals surface area contributed by atoms with Gasteiger partial charge >= 0.3 is 0 Å². The quantitative estimate of drug-likeness (QED) is 0.581. The normalized spacial score (nSPS) is 11.0. The summed E-state index contributed by atoms with van der Waals surface area (Å²) in [5.74, 6) is 1.79. The number of aryl methyl sites for hydroxylation is 2. The fourth-order valence-corrected chi connectivity index (χ4v) is 3.12. The summed E-state index contributed by atoms with van der Waals surface area (Å²) in [6.07, 6.45) is 1.73. The molecule has 4 aromatic rings. The Hall–Kier alpha value is -3.34. The van der Waals surface area contributed by atoms with E-state index >= 15 is 0 Å². The van der Waals surface area contributed by atoms with Crippen molar-refractivity contribution in [2.24, 2.45) is 0 Å².